The molecule has 0 heterocycles. The van der Waals surface area contributed by atoms with E-state index in [0.717, 1.165) is 12.1 Å². The third-order valence-corrected chi connectivity index (χ3v) is 2.39. The molecule has 0 aliphatic carbocycles. The number of aliphatic hydroxyl groups is 1. The molecule has 0 spiro atoms. The molecule has 0 aliphatic rings. The second kappa shape index (κ2) is 6.94. The van der Waals surface area contributed by atoms with E-state index in [1.54, 1.807) is 0 Å². The molecule has 0 saturated heterocycles. The summed E-state index contributed by atoms with van der Waals surface area (Å²) in [6.45, 7) is -2.22. The average molecular weight is 302 g/mol. The van der Waals surface area contributed by atoms with Gasteiger partial charge in [-0.2, -0.15) is 8.78 Å². The molecule has 1 aromatic rings. The van der Waals surface area contributed by atoms with Crippen LogP contribution < -0.4 is 0 Å². The molecule has 0 saturated carbocycles. The fourth-order valence-corrected chi connectivity index (χ4v) is 1.39. The van der Waals surface area contributed by atoms with Crippen LogP contribution in [0, 0.1) is 11.6 Å². The first-order chi connectivity index (χ1) is 9.22. The van der Waals surface area contributed by atoms with Gasteiger partial charge in [0.25, 0.3) is 0 Å². The Balaban J connectivity index is 2.42. The summed E-state index contributed by atoms with van der Waals surface area (Å²) in [5.74, 6) is -6.00. The van der Waals surface area contributed by atoms with Gasteiger partial charge in [-0.1, -0.05) is 6.07 Å². The van der Waals surface area contributed by atoms with Gasteiger partial charge in [0.15, 0.2) is 0 Å². The second-order valence-electron chi connectivity index (χ2n) is 4.17. The summed E-state index contributed by atoms with van der Waals surface area (Å²) in [5, 5.41) is 9.41. The molecule has 1 unspecified atom stereocenters. The van der Waals surface area contributed by atoms with Crippen molar-refractivity contribution in [2.45, 2.75) is 24.9 Å². The average Bonchev–Trinajstić information content (AvgIpc) is 2.32. The van der Waals surface area contributed by atoms with Crippen LogP contribution in [0.4, 0.5) is 26.3 Å². The number of rotatable bonds is 7. The SMILES string of the molecule is OC(COCC(F)(F)C(F)F)Cc1ccc(F)cc1F. The number of ether oxygens (including phenoxy) is 1. The van der Waals surface area contributed by atoms with Crippen LogP contribution in [-0.4, -0.2) is 36.8 Å². The Kier molecular flexibility index (Phi) is 5.82. The molecule has 0 bridgehead atoms. The summed E-state index contributed by atoms with van der Waals surface area (Å²) in [6, 6.07) is 2.66. The lowest BCUT2D eigenvalue weighted by Gasteiger charge is -2.17. The predicted octanol–water partition coefficient (Wildman–Crippen LogP) is 2.79. The van der Waals surface area contributed by atoms with E-state index in [1.807, 2.05) is 0 Å². The Morgan fingerprint density at radius 2 is 1.85 bits per heavy atom. The van der Waals surface area contributed by atoms with E-state index >= 15 is 0 Å². The zero-order valence-electron chi connectivity index (χ0n) is 10.1. The monoisotopic (exact) mass is 302 g/mol. The van der Waals surface area contributed by atoms with Crippen LogP contribution in [0.1, 0.15) is 5.56 Å². The Morgan fingerprint density at radius 1 is 1.20 bits per heavy atom. The van der Waals surface area contributed by atoms with E-state index in [4.69, 9.17) is 0 Å². The zero-order chi connectivity index (χ0) is 15.3. The van der Waals surface area contributed by atoms with Crippen LogP contribution in [0.2, 0.25) is 0 Å². The minimum Gasteiger partial charge on any atom is -0.390 e. The number of hydrogen-bond donors (Lipinski definition) is 1. The molecular weight excluding hydrogens is 290 g/mol. The molecule has 1 rings (SSSR count). The maximum atomic E-state index is 13.2. The van der Waals surface area contributed by atoms with E-state index in [2.05, 4.69) is 4.74 Å². The highest BCUT2D eigenvalue weighted by atomic mass is 19.3. The molecule has 0 aromatic heterocycles. The van der Waals surface area contributed by atoms with Gasteiger partial charge in [0.1, 0.15) is 18.2 Å². The summed E-state index contributed by atoms with van der Waals surface area (Å²) in [4.78, 5) is 0. The fourth-order valence-electron chi connectivity index (χ4n) is 1.39. The van der Waals surface area contributed by atoms with Crippen LogP contribution in [0.3, 0.4) is 0 Å². The lowest BCUT2D eigenvalue weighted by molar-refractivity contribution is -0.170. The molecule has 1 N–H and O–H groups in total. The van der Waals surface area contributed by atoms with E-state index in [-0.39, 0.29) is 12.0 Å². The quantitative estimate of drug-likeness (QED) is 0.785. The lowest BCUT2D eigenvalue weighted by Crippen LogP contribution is -2.34. The predicted molar refractivity (Wildman–Crippen MR) is 57.8 cm³/mol. The third-order valence-electron chi connectivity index (χ3n) is 2.39. The minimum absolute atomic E-state index is 0.0388. The molecule has 8 heteroatoms. The van der Waals surface area contributed by atoms with Crippen LogP contribution in [0.15, 0.2) is 18.2 Å². The Bertz CT molecular complexity index is 438. The Labute approximate surface area is 111 Å². The van der Waals surface area contributed by atoms with Crippen molar-refractivity contribution in [3.05, 3.63) is 35.4 Å². The van der Waals surface area contributed by atoms with Crippen LogP contribution >= 0.6 is 0 Å². The molecule has 0 aliphatic heterocycles. The van der Waals surface area contributed by atoms with Gasteiger partial charge in [-0.3, -0.25) is 0 Å². The summed E-state index contributed by atoms with van der Waals surface area (Å²) < 4.78 is 78.7. The first-order valence-corrected chi connectivity index (χ1v) is 5.58. The first-order valence-electron chi connectivity index (χ1n) is 5.58. The summed E-state index contributed by atoms with van der Waals surface area (Å²) in [5.41, 5.74) is -0.0388. The second-order valence-corrected chi connectivity index (χ2v) is 4.17. The number of aliphatic hydroxyl groups excluding tert-OH is 1. The van der Waals surface area contributed by atoms with Gasteiger partial charge in [0.2, 0.25) is 0 Å². The number of hydrogen-bond acceptors (Lipinski definition) is 2. The van der Waals surface area contributed by atoms with Crippen molar-refractivity contribution < 1.29 is 36.2 Å². The van der Waals surface area contributed by atoms with Gasteiger partial charge in [-0.15, -0.1) is 0 Å². The van der Waals surface area contributed by atoms with Crippen molar-refractivity contribution in [3.8, 4) is 0 Å². The lowest BCUT2D eigenvalue weighted by atomic mass is 10.1. The Morgan fingerprint density at radius 3 is 2.40 bits per heavy atom. The van der Waals surface area contributed by atoms with Crippen molar-refractivity contribution in [2.24, 2.45) is 0 Å². The molecule has 1 aromatic carbocycles. The molecule has 0 fully saturated rings. The highest BCUT2D eigenvalue weighted by molar-refractivity contribution is 5.19. The van der Waals surface area contributed by atoms with E-state index < -0.39 is 43.3 Å². The Hall–Kier alpha value is -1.28. The standard InChI is InChI=1S/C12H12F6O2/c13-8-2-1-7(10(14)4-8)3-9(19)5-20-6-12(17,18)11(15)16/h1-2,4,9,11,19H,3,5-6H2. The van der Waals surface area contributed by atoms with Gasteiger partial charge in [-0.05, 0) is 11.6 Å². The van der Waals surface area contributed by atoms with E-state index in [1.165, 1.54) is 0 Å². The van der Waals surface area contributed by atoms with Crippen LogP contribution in [0.25, 0.3) is 0 Å². The maximum absolute atomic E-state index is 13.2. The van der Waals surface area contributed by atoms with Crippen molar-refractivity contribution in [3.63, 3.8) is 0 Å². The van der Waals surface area contributed by atoms with Crippen molar-refractivity contribution in [2.75, 3.05) is 13.2 Å². The van der Waals surface area contributed by atoms with Crippen molar-refractivity contribution in [1.82, 2.24) is 0 Å². The van der Waals surface area contributed by atoms with Gasteiger partial charge in [-0.25, -0.2) is 17.6 Å². The topological polar surface area (TPSA) is 29.5 Å². The van der Waals surface area contributed by atoms with Gasteiger partial charge >= 0.3 is 12.3 Å². The summed E-state index contributed by atoms with van der Waals surface area (Å²) in [7, 11) is 0. The van der Waals surface area contributed by atoms with E-state index in [9.17, 15) is 31.4 Å². The molecular formula is C12H12F6O2. The summed E-state index contributed by atoms with van der Waals surface area (Å²) in [6.07, 6.45) is -5.55. The zero-order valence-corrected chi connectivity index (χ0v) is 10.1. The van der Waals surface area contributed by atoms with Gasteiger partial charge < -0.3 is 9.84 Å². The largest absolute Gasteiger partial charge is 0.390 e. The smallest absolute Gasteiger partial charge is 0.330 e. The van der Waals surface area contributed by atoms with Crippen molar-refractivity contribution >= 4 is 0 Å². The molecule has 2 nitrogen and oxygen atoms in total. The van der Waals surface area contributed by atoms with E-state index in [0.29, 0.717) is 6.07 Å². The normalized spacial score (nSPS) is 13.8. The number of benzene rings is 1. The first kappa shape index (κ1) is 16.8. The molecule has 114 valence electrons. The molecule has 0 radical (unpaired) electrons. The summed E-state index contributed by atoms with van der Waals surface area (Å²) >= 11 is 0. The van der Waals surface area contributed by atoms with Crippen LogP contribution in [-0.2, 0) is 11.2 Å². The third kappa shape index (κ3) is 5.01. The molecule has 20 heavy (non-hydrogen) atoms. The number of halogens is 6. The van der Waals surface area contributed by atoms with Crippen molar-refractivity contribution in [1.29, 1.82) is 0 Å². The van der Waals surface area contributed by atoms with Crippen LogP contribution in [0.5, 0.6) is 0 Å². The number of alkyl halides is 4. The fraction of sp³-hybridized carbons (Fsp3) is 0.500. The highest BCUT2D eigenvalue weighted by Crippen LogP contribution is 2.23. The molecule has 1 atom stereocenters. The van der Waals surface area contributed by atoms with Gasteiger partial charge in [0, 0.05) is 12.5 Å². The van der Waals surface area contributed by atoms with Gasteiger partial charge in [0.05, 0.1) is 12.7 Å². The highest BCUT2D eigenvalue weighted by Gasteiger charge is 2.41. The minimum atomic E-state index is -4.30. The molecule has 0 amide bonds. The maximum Gasteiger partial charge on any atom is 0.330 e.